The second kappa shape index (κ2) is 8.24. The molecule has 0 radical (unpaired) electrons. The standard InChI is InChI=1S/C15H23N5S2/c1-5-13-19-11(8-21-13)6-17-15(16-4)18-7-14-20-12(9-22-14)10(2)3/h8-10H,5-7H2,1-4H3,(H2,16,17,18). The minimum atomic E-state index is 0.472. The van der Waals surface area contributed by atoms with Gasteiger partial charge in [-0.15, -0.1) is 22.7 Å². The van der Waals surface area contributed by atoms with Crippen molar-refractivity contribution in [3.05, 3.63) is 32.2 Å². The van der Waals surface area contributed by atoms with Crippen LogP contribution in [0.15, 0.2) is 15.8 Å². The summed E-state index contributed by atoms with van der Waals surface area (Å²) in [5.74, 6) is 1.24. The molecule has 0 saturated heterocycles. The van der Waals surface area contributed by atoms with Crippen LogP contribution in [0.2, 0.25) is 0 Å². The van der Waals surface area contributed by atoms with Crippen LogP contribution in [0.3, 0.4) is 0 Å². The van der Waals surface area contributed by atoms with Crippen molar-refractivity contribution in [2.24, 2.45) is 4.99 Å². The number of rotatable bonds is 6. The fourth-order valence-electron chi connectivity index (χ4n) is 1.82. The number of guanidine groups is 1. The topological polar surface area (TPSA) is 62.2 Å². The molecule has 0 aliphatic rings. The molecule has 7 heteroatoms. The van der Waals surface area contributed by atoms with Crippen molar-refractivity contribution in [3.8, 4) is 0 Å². The maximum Gasteiger partial charge on any atom is 0.191 e. The van der Waals surface area contributed by atoms with Crippen molar-refractivity contribution in [2.75, 3.05) is 7.05 Å². The van der Waals surface area contributed by atoms with E-state index in [1.54, 1.807) is 29.7 Å². The summed E-state index contributed by atoms with van der Waals surface area (Å²) in [5.41, 5.74) is 2.21. The number of aliphatic imine (C=N–C) groups is 1. The molecule has 0 amide bonds. The zero-order valence-corrected chi connectivity index (χ0v) is 15.1. The number of thiazole rings is 2. The summed E-state index contributed by atoms with van der Waals surface area (Å²) in [5, 5.41) is 13.0. The summed E-state index contributed by atoms with van der Waals surface area (Å²) < 4.78 is 0. The lowest BCUT2D eigenvalue weighted by molar-refractivity contribution is 0.778. The average Bonchev–Trinajstić information content (AvgIpc) is 3.16. The van der Waals surface area contributed by atoms with E-state index in [1.165, 1.54) is 5.01 Å². The predicted molar refractivity (Wildman–Crippen MR) is 94.7 cm³/mol. The highest BCUT2D eigenvalue weighted by molar-refractivity contribution is 7.09. The highest BCUT2D eigenvalue weighted by Gasteiger charge is 2.07. The van der Waals surface area contributed by atoms with Crippen LogP contribution in [-0.4, -0.2) is 23.0 Å². The number of nitrogens with one attached hydrogen (secondary N) is 2. The Balaban J connectivity index is 1.81. The molecule has 0 bridgehead atoms. The molecule has 2 rings (SSSR count). The molecule has 0 spiro atoms. The summed E-state index contributed by atoms with van der Waals surface area (Å²) in [6.45, 7) is 7.81. The average molecular weight is 338 g/mol. The van der Waals surface area contributed by atoms with Gasteiger partial charge in [0.1, 0.15) is 5.01 Å². The van der Waals surface area contributed by atoms with E-state index < -0.39 is 0 Å². The Labute approximate surface area is 139 Å². The van der Waals surface area contributed by atoms with Gasteiger partial charge < -0.3 is 10.6 Å². The fraction of sp³-hybridized carbons (Fsp3) is 0.533. The number of aryl methyl sites for hydroxylation is 1. The van der Waals surface area contributed by atoms with Crippen molar-refractivity contribution in [2.45, 2.75) is 46.2 Å². The number of aromatic nitrogens is 2. The maximum absolute atomic E-state index is 4.61. The molecular weight excluding hydrogens is 314 g/mol. The Morgan fingerprint density at radius 1 is 1.14 bits per heavy atom. The fourth-order valence-corrected chi connectivity index (χ4v) is 3.46. The third-order valence-electron chi connectivity index (χ3n) is 3.13. The summed E-state index contributed by atoms with van der Waals surface area (Å²) in [7, 11) is 1.77. The first-order valence-electron chi connectivity index (χ1n) is 7.44. The first-order chi connectivity index (χ1) is 10.6. The van der Waals surface area contributed by atoms with Gasteiger partial charge in [0.15, 0.2) is 5.96 Å². The summed E-state index contributed by atoms with van der Waals surface area (Å²) in [4.78, 5) is 13.4. The summed E-state index contributed by atoms with van der Waals surface area (Å²) >= 11 is 3.39. The van der Waals surface area contributed by atoms with Crippen molar-refractivity contribution in [1.29, 1.82) is 0 Å². The van der Waals surface area contributed by atoms with Crippen LogP contribution < -0.4 is 10.6 Å². The Morgan fingerprint density at radius 3 is 2.45 bits per heavy atom. The lowest BCUT2D eigenvalue weighted by Gasteiger charge is -2.09. The molecule has 0 unspecified atom stereocenters. The minimum Gasteiger partial charge on any atom is -0.351 e. The first-order valence-corrected chi connectivity index (χ1v) is 9.20. The third-order valence-corrected chi connectivity index (χ3v) is 5.04. The molecule has 0 fully saturated rings. The molecule has 2 N–H and O–H groups in total. The van der Waals surface area contributed by atoms with E-state index in [2.05, 4.69) is 57.1 Å². The monoisotopic (exact) mass is 337 g/mol. The molecule has 2 heterocycles. The highest BCUT2D eigenvalue weighted by Crippen LogP contribution is 2.17. The maximum atomic E-state index is 4.61. The summed E-state index contributed by atoms with van der Waals surface area (Å²) in [6.07, 6.45) is 0.986. The predicted octanol–water partition coefficient (Wildman–Crippen LogP) is 3.15. The van der Waals surface area contributed by atoms with Crippen molar-refractivity contribution >= 4 is 28.6 Å². The van der Waals surface area contributed by atoms with Crippen LogP contribution in [0.1, 0.15) is 48.1 Å². The quantitative estimate of drug-likeness (QED) is 0.628. The zero-order chi connectivity index (χ0) is 15.9. The van der Waals surface area contributed by atoms with Crippen LogP contribution in [0.25, 0.3) is 0 Å². The van der Waals surface area contributed by atoms with Gasteiger partial charge in [0.25, 0.3) is 0 Å². The lowest BCUT2D eigenvalue weighted by Crippen LogP contribution is -2.36. The second-order valence-corrected chi connectivity index (χ2v) is 7.07. The Kier molecular flexibility index (Phi) is 6.33. The minimum absolute atomic E-state index is 0.472. The molecule has 0 saturated carbocycles. The molecule has 0 aliphatic carbocycles. The van der Waals surface area contributed by atoms with Crippen molar-refractivity contribution < 1.29 is 0 Å². The van der Waals surface area contributed by atoms with E-state index in [1.807, 2.05) is 0 Å². The van der Waals surface area contributed by atoms with Crippen LogP contribution >= 0.6 is 22.7 Å². The number of nitrogens with zero attached hydrogens (tertiary/aromatic N) is 3. The van der Waals surface area contributed by atoms with Crippen molar-refractivity contribution in [1.82, 2.24) is 20.6 Å². The van der Waals surface area contributed by atoms with Crippen LogP contribution in [-0.2, 0) is 19.5 Å². The second-order valence-electron chi connectivity index (χ2n) is 5.19. The zero-order valence-electron chi connectivity index (χ0n) is 13.5. The van der Waals surface area contributed by atoms with Gasteiger partial charge in [-0.25, -0.2) is 9.97 Å². The Bertz CT molecular complexity index is 615. The largest absolute Gasteiger partial charge is 0.351 e. The van der Waals surface area contributed by atoms with Gasteiger partial charge in [-0.3, -0.25) is 4.99 Å². The summed E-state index contributed by atoms with van der Waals surface area (Å²) in [6, 6.07) is 0. The highest BCUT2D eigenvalue weighted by atomic mass is 32.1. The van der Waals surface area contributed by atoms with Gasteiger partial charge >= 0.3 is 0 Å². The van der Waals surface area contributed by atoms with E-state index in [0.717, 1.165) is 28.8 Å². The van der Waals surface area contributed by atoms with E-state index in [9.17, 15) is 0 Å². The van der Waals surface area contributed by atoms with Crippen LogP contribution in [0, 0.1) is 0 Å². The molecule has 5 nitrogen and oxygen atoms in total. The lowest BCUT2D eigenvalue weighted by atomic mass is 10.2. The third kappa shape index (κ3) is 4.78. The SMILES string of the molecule is CCc1nc(CNC(=NC)NCc2nc(C(C)C)cs2)cs1. The number of hydrogen-bond donors (Lipinski definition) is 2. The molecule has 0 aliphatic heterocycles. The molecule has 22 heavy (non-hydrogen) atoms. The molecular formula is C15H23N5S2. The van der Waals surface area contributed by atoms with E-state index >= 15 is 0 Å². The Hall–Kier alpha value is -1.47. The first kappa shape index (κ1) is 16.9. The molecule has 0 aromatic carbocycles. The van der Waals surface area contributed by atoms with Gasteiger partial charge in [0.05, 0.1) is 29.5 Å². The van der Waals surface area contributed by atoms with E-state index in [-0.39, 0.29) is 0 Å². The Morgan fingerprint density at radius 2 is 1.86 bits per heavy atom. The van der Waals surface area contributed by atoms with Gasteiger partial charge in [-0.05, 0) is 12.3 Å². The number of hydrogen-bond acceptors (Lipinski definition) is 5. The molecule has 120 valence electrons. The molecule has 0 atom stereocenters. The smallest absolute Gasteiger partial charge is 0.191 e. The van der Waals surface area contributed by atoms with Gasteiger partial charge in [-0.1, -0.05) is 20.8 Å². The van der Waals surface area contributed by atoms with Gasteiger partial charge in [0.2, 0.25) is 0 Å². The molecule has 2 aromatic rings. The van der Waals surface area contributed by atoms with Gasteiger partial charge in [-0.2, -0.15) is 0 Å². The van der Waals surface area contributed by atoms with Crippen molar-refractivity contribution in [3.63, 3.8) is 0 Å². The molecule has 2 aromatic heterocycles. The van der Waals surface area contributed by atoms with Crippen LogP contribution in [0.4, 0.5) is 0 Å². The van der Waals surface area contributed by atoms with Crippen LogP contribution in [0.5, 0.6) is 0 Å². The van der Waals surface area contributed by atoms with E-state index in [4.69, 9.17) is 0 Å². The van der Waals surface area contributed by atoms with Gasteiger partial charge in [0, 0.05) is 17.8 Å². The normalized spacial score (nSPS) is 12.0. The van der Waals surface area contributed by atoms with E-state index in [0.29, 0.717) is 19.0 Å².